The molecule has 7 heteroatoms. The molecule has 0 aromatic heterocycles. The molecule has 0 bridgehead atoms. The standard InChI is InChI=1S/C30H41F3N2O2/c1-27(2,3)22-7-6-17(30(31,32)33)14-24(22)35-26(37)23-9-8-20-19-16-34-25-15-18(36)10-12-29(25,5)21(19)11-13-28(20,23)4/h6-7,14,19-21,23,25,34H,8-13,15-16H2,1-5H3,(H,35,37)/t19?,20?,21?,23?,25?,28-,29+/m0/s1. The van der Waals surface area contributed by atoms with Gasteiger partial charge in [0.1, 0.15) is 5.78 Å². The van der Waals surface area contributed by atoms with Gasteiger partial charge in [0.15, 0.2) is 0 Å². The van der Waals surface area contributed by atoms with E-state index in [0.29, 0.717) is 41.9 Å². The van der Waals surface area contributed by atoms with Crippen LogP contribution < -0.4 is 10.6 Å². The maximum absolute atomic E-state index is 13.8. The quantitative estimate of drug-likeness (QED) is 0.456. The van der Waals surface area contributed by atoms with Gasteiger partial charge in [-0.05, 0) is 90.3 Å². The Hall–Kier alpha value is -1.89. The molecule has 4 nitrogen and oxygen atoms in total. The van der Waals surface area contributed by atoms with Crippen molar-refractivity contribution in [2.45, 2.75) is 97.2 Å². The number of rotatable bonds is 2. The molecule has 4 aliphatic rings. The summed E-state index contributed by atoms with van der Waals surface area (Å²) in [4.78, 5) is 25.9. The van der Waals surface area contributed by atoms with Crippen molar-refractivity contribution in [3.05, 3.63) is 29.3 Å². The van der Waals surface area contributed by atoms with E-state index in [2.05, 4.69) is 24.5 Å². The lowest BCUT2D eigenvalue weighted by atomic mass is 9.48. The highest BCUT2D eigenvalue weighted by atomic mass is 19.4. The summed E-state index contributed by atoms with van der Waals surface area (Å²) in [5.74, 6) is 1.39. The number of fused-ring (bicyclic) bond motifs is 5. The van der Waals surface area contributed by atoms with Crippen molar-refractivity contribution >= 4 is 17.4 Å². The van der Waals surface area contributed by atoms with Gasteiger partial charge in [0, 0.05) is 30.5 Å². The van der Waals surface area contributed by atoms with Crippen molar-refractivity contribution in [2.75, 3.05) is 11.9 Å². The molecule has 7 atom stereocenters. The lowest BCUT2D eigenvalue weighted by Gasteiger charge is -2.60. The number of halogens is 3. The molecule has 3 saturated carbocycles. The molecule has 5 unspecified atom stereocenters. The van der Waals surface area contributed by atoms with Crippen LogP contribution in [0.25, 0.3) is 0 Å². The number of hydrogen-bond acceptors (Lipinski definition) is 3. The van der Waals surface area contributed by atoms with Gasteiger partial charge < -0.3 is 10.6 Å². The lowest BCUT2D eigenvalue weighted by molar-refractivity contribution is -0.137. The Morgan fingerprint density at radius 3 is 2.41 bits per heavy atom. The number of alkyl halides is 3. The Labute approximate surface area is 218 Å². The number of carbonyl (C=O) groups excluding carboxylic acids is 2. The summed E-state index contributed by atoms with van der Waals surface area (Å²) in [6, 6.07) is 3.95. The summed E-state index contributed by atoms with van der Waals surface area (Å²) < 4.78 is 40.5. The smallest absolute Gasteiger partial charge is 0.326 e. The topological polar surface area (TPSA) is 58.2 Å². The van der Waals surface area contributed by atoms with E-state index < -0.39 is 17.2 Å². The van der Waals surface area contributed by atoms with Gasteiger partial charge in [-0.1, -0.05) is 40.7 Å². The third kappa shape index (κ3) is 4.43. The lowest BCUT2D eigenvalue weighted by Crippen LogP contribution is -2.63. The first-order valence-electron chi connectivity index (χ1n) is 13.9. The molecule has 1 heterocycles. The van der Waals surface area contributed by atoms with E-state index >= 15 is 0 Å². The van der Waals surface area contributed by atoms with E-state index in [-0.39, 0.29) is 34.4 Å². The molecule has 1 aromatic carbocycles. The Balaban J connectivity index is 1.39. The van der Waals surface area contributed by atoms with Gasteiger partial charge in [-0.25, -0.2) is 0 Å². The summed E-state index contributed by atoms with van der Waals surface area (Å²) >= 11 is 0. The number of ketones is 1. The summed E-state index contributed by atoms with van der Waals surface area (Å²) in [5, 5.41) is 6.69. The van der Waals surface area contributed by atoms with Crippen molar-refractivity contribution in [3.8, 4) is 0 Å². The number of hydrogen-bond donors (Lipinski definition) is 2. The third-order valence-electron chi connectivity index (χ3n) is 10.8. The highest BCUT2D eigenvalue weighted by Crippen LogP contribution is 2.64. The van der Waals surface area contributed by atoms with E-state index in [9.17, 15) is 22.8 Å². The maximum atomic E-state index is 13.8. The fourth-order valence-corrected chi connectivity index (χ4v) is 8.69. The zero-order valence-electron chi connectivity index (χ0n) is 22.7. The first kappa shape index (κ1) is 26.7. The molecule has 204 valence electrons. The van der Waals surface area contributed by atoms with Crippen LogP contribution >= 0.6 is 0 Å². The van der Waals surface area contributed by atoms with E-state index in [0.717, 1.165) is 50.8 Å². The van der Waals surface area contributed by atoms with Gasteiger partial charge in [-0.15, -0.1) is 0 Å². The second kappa shape index (κ2) is 8.82. The Kier molecular flexibility index (Phi) is 6.37. The maximum Gasteiger partial charge on any atom is 0.416 e. The summed E-state index contributed by atoms with van der Waals surface area (Å²) in [6.07, 6.45) is 1.47. The van der Waals surface area contributed by atoms with Crippen LogP contribution in [0.1, 0.15) is 90.7 Å². The molecule has 4 fully saturated rings. The van der Waals surface area contributed by atoms with Crippen LogP contribution in [0.3, 0.4) is 0 Å². The number of anilines is 1. The summed E-state index contributed by atoms with van der Waals surface area (Å²) in [7, 11) is 0. The van der Waals surface area contributed by atoms with Gasteiger partial charge in [-0.2, -0.15) is 13.2 Å². The van der Waals surface area contributed by atoms with Gasteiger partial charge in [0.05, 0.1) is 5.56 Å². The molecule has 1 aliphatic heterocycles. The van der Waals surface area contributed by atoms with Crippen LogP contribution in [0, 0.1) is 34.5 Å². The zero-order valence-corrected chi connectivity index (χ0v) is 22.7. The van der Waals surface area contributed by atoms with Crippen molar-refractivity contribution in [2.24, 2.45) is 34.5 Å². The average Bonchev–Trinajstić information content (AvgIpc) is 3.15. The molecule has 1 saturated heterocycles. The van der Waals surface area contributed by atoms with Gasteiger partial charge in [0.2, 0.25) is 5.91 Å². The van der Waals surface area contributed by atoms with Gasteiger partial charge in [0.25, 0.3) is 0 Å². The predicted octanol–water partition coefficient (Wildman–Crippen LogP) is 6.73. The normalized spacial score (nSPS) is 37.9. The highest BCUT2D eigenvalue weighted by Gasteiger charge is 2.61. The summed E-state index contributed by atoms with van der Waals surface area (Å²) in [6.45, 7) is 11.3. The van der Waals surface area contributed by atoms with Crippen molar-refractivity contribution in [1.29, 1.82) is 0 Å². The molecular weight excluding hydrogens is 477 g/mol. The molecule has 2 N–H and O–H groups in total. The largest absolute Gasteiger partial charge is 0.416 e. The second-order valence-electron chi connectivity index (χ2n) is 13.8. The van der Waals surface area contributed by atoms with E-state index in [1.807, 2.05) is 20.8 Å². The molecule has 37 heavy (non-hydrogen) atoms. The molecule has 0 radical (unpaired) electrons. The van der Waals surface area contributed by atoms with Crippen LogP contribution in [-0.4, -0.2) is 24.3 Å². The number of benzene rings is 1. The molecule has 5 rings (SSSR count). The zero-order chi connectivity index (χ0) is 27.0. The van der Waals surface area contributed by atoms with Crippen LogP contribution in [0.4, 0.5) is 18.9 Å². The van der Waals surface area contributed by atoms with Crippen LogP contribution in [0.5, 0.6) is 0 Å². The first-order chi connectivity index (χ1) is 17.1. The minimum absolute atomic E-state index is 0.109. The van der Waals surface area contributed by atoms with Crippen LogP contribution in [0.2, 0.25) is 0 Å². The minimum Gasteiger partial charge on any atom is -0.326 e. The van der Waals surface area contributed by atoms with Crippen LogP contribution in [-0.2, 0) is 21.2 Å². The number of piperidine rings is 1. The van der Waals surface area contributed by atoms with Crippen molar-refractivity contribution in [1.82, 2.24) is 5.32 Å². The number of nitrogens with one attached hydrogen (secondary N) is 2. The average molecular weight is 519 g/mol. The van der Waals surface area contributed by atoms with E-state index in [1.54, 1.807) is 0 Å². The van der Waals surface area contributed by atoms with E-state index in [4.69, 9.17) is 0 Å². The predicted molar refractivity (Wildman–Crippen MR) is 138 cm³/mol. The molecular formula is C30H41F3N2O2. The fourth-order valence-electron chi connectivity index (χ4n) is 8.69. The first-order valence-corrected chi connectivity index (χ1v) is 13.9. The minimum atomic E-state index is -4.47. The van der Waals surface area contributed by atoms with Gasteiger partial charge in [-0.3, -0.25) is 9.59 Å². The summed E-state index contributed by atoms with van der Waals surface area (Å²) in [5.41, 5.74) is -0.237. The number of amides is 1. The van der Waals surface area contributed by atoms with Crippen molar-refractivity contribution < 1.29 is 22.8 Å². The third-order valence-corrected chi connectivity index (χ3v) is 10.8. The van der Waals surface area contributed by atoms with Crippen molar-refractivity contribution in [3.63, 3.8) is 0 Å². The van der Waals surface area contributed by atoms with Crippen LogP contribution in [0.15, 0.2) is 18.2 Å². The second-order valence-corrected chi connectivity index (χ2v) is 13.8. The van der Waals surface area contributed by atoms with Gasteiger partial charge >= 0.3 is 6.18 Å². The SMILES string of the molecule is CC(C)(C)c1ccc(C(F)(F)F)cc1NC(=O)C1CCC2C3CNC4CC(=O)CC[C@]4(C)C3CC[C@]12C. The fraction of sp³-hybridized carbons (Fsp3) is 0.733. The number of Topliss-reactive ketones (excluding diaryl/α,β-unsaturated/α-hetero) is 1. The molecule has 0 spiro atoms. The number of carbonyl (C=O) groups is 2. The Bertz CT molecular complexity index is 1090. The Morgan fingerprint density at radius 2 is 1.73 bits per heavy atom. The highest BCUT2D eigenvalue weighted by molar-refractivity contribution is 5.94. The monoisotopic (exact) mass is 518 g/mol. The molecule has 1 aromatic rings. The van der Waals surface area contributed by atoms with E-state index in [1.165, 1.54) is 6.07 Å². The Morgan fingerprint density at radius 1 is 1.03 bits per heavy atom. The molecule has 1 amide bonds. The molecule has 3 aliphatic carbocycles.